The molecule has 2 N–H and O–H groups in total. The van der Waals surface area contributed by atoms with Crippen LogP contribution in [0.5, 0.6) is 0 Å². The second-order valence-corrected chi connectivity index (χ2v) is 5.77. The van der Waals surface area contributed by atoms with Crippen LogP contribution in [0.25, 0.3) is 11.0 Å². The Labute approximate surface area is 128 Å². The van der Waals surface area contributed by atoms with Crippen molar-refractivity contribution in [1.29, 1.82) is 0 Å². The molecule has 3 rings (SSSR count). The number of benzene rings is 1. The number of carbonyl (C=O) groups is 2. The molecule has 1 saturated heterocycles. The van der Waals surface area contributed by atoms with Gasteiger partial charge in [0.2, 0.25) is 5.91 Å². The summed E-state index contributed by atoms with van der Waals surface area (Å²) in [5.41, 5.74) is 1.32. The van der Waals surface area contributed by atoms with Gasteiger partial charge < -0.3 is 14.8 Å². The van der Waals surface area contributed by atoms with E-state index in [9.17, 15) is 9.59 Å². The zero-order valence-electron chi connectivity index (χ0n) is 11.0. The molecule has 7 heteroatoms. The highest BCUT2D eigenvalue weighted by atomic mass is 79.9. The summed E-state index contributed by atoms with van der Waals surface area (Å²) in [5.74, 6) is -0.301. The first-order valence-electron chi connectivity index (χ1n) is 6.53. The minimum Gasteiger partial charge on any atom is -0.465 e. The van der Waals surface area contributed by atoms with Crippen molar-refractivity contribution in [2.45, 2.75) is 18.9 Å². The summed E-state index contributed by atoms with van der Waals surface area (Å²) in [6.45, 7) is 0.401. The molecular formula is C14H13BrN2O4. The van der Waals surface area contributed by atoms with Crippen molar-refractivity contribution >= 4 is 44.6 Å². The summed E-state index contributed by atoms with van der Waals surface area (Å²) in [5, 5.41) is 12.7. The molecule has 2 heterocycles. The van der Waals surface area contributed by atoms with E-state index in [1.54, 1.807) is 24.5 Å². The van der Waals surface area contributed by atoms with Gasteiger partial charge in [-0.25, -0.2) is 4.79 Å². The Balaban J connectivity index is 1.81. The van der Waals surface area contributed by atoms with Crippen molar-refractivity contribution < 1.29 is 19.1 Å². The largest absolute Gasteiger partial charge is 0.465 e. The molecule has 0 spiro atoms. The zero-order valence-corrected chi connectivity index (χ0v) is 12.6. The molecule has 0 bridgehead atoms. The van der Waals surface area contributed by atoms with Crippen molar-refractivity contribution in [2.24, 2.45) is 0 Å². The van der Waals surface area contributed by atoms with Crippen molar-refractivity contribution in [3.05, 3.63) is 28.9 Å². The van der Waals surface area contributed by atoms with Gasteiger partial charge in [-0.1, -0.05) is 0 Å². The van der Waals surface area contributed by atoms with Crippen molar-refractivity contribution in [3.63, 3.8) is 0 Å². The smallest absolute Gasteiger partial charge is 0.407 e. The fourth-order valence-corrected chi connectivity index (χ4v) is 3.17. The quantitative estimate of drug-likeness (QED) is 0.868. The number of rotatable bonds is 2. The second-order valence-electron chi connectivity index (χ2n) is 4.92. The molecule has 1 fully saturated rings. The normalized spacial score (nSPS) is 18.1. The molecule has 6 nitrogen and oxygen atoms in total. The third-order valence-electron chi connectivity index (χ3n) is 3.57. The van der Waals surface area contributed by atoms with Gasteiger partial charge in [-0.05, 0) is 47.0 Å². The Morgan fingerprint density at radius 2 is 2.24 bits per heavy atom. The summed E-state index contributed by atoms with van der Waals surface area (Å²) < 4.78 is 6.05. The van der Waals surface area contributed by atoms with Gasteiger partial charge in [0.25, 0.3) is 0 Å². The number of nitrogens with zero attached hydrogens (tertiary/aromatic N) is 1. The Morgan fingerprint density at radius 1 is 1.43 bits per heavy atom. The van der Waals surface area contributed by atoms with Gasteiger partial charge in [0.15, 0.2) is 0 Å². The first kappa shape index (κ1) is 13.9. The van der Waals surface area contributed by atoms with Gasteiger partial charge >= 0.3 is 6.09 Å². The first-order chi connectivity index (χ1) is 10.1. The zero-order chi connectivity index (χ0) is 15.0. The Kier molecular flexibility index (Phi) is 3.59. The lowest BCUT2D eigenvalue weighted by molar-refractivity contribution is -0.119. The maximum atomic E-state index is 12.3. The number of fused-ring (bicyclic) bond motifs is 1. The molecule has 1 unspecified atom stereocenters. The van der Waals surface area contributed by atoms with Gasteiger partial charge in [0.1, 0.15) is 11.6 Å². The number of hydrogen-bond donors (Lipinski definition) is 2. The van der Waals surface area contributed by atoms with Crippen molar-refractivity contribution in [3.8, 4) is 0 Å². The molecule has 1 atom stereocenters. The van der Waals surface area contributed by atoms with Gasteiger partial charge in [-0.15, -0.1) is 0 Å². The average molecular weight is 353 g/mol. The van der Waals surface area contributed by atoms with Gasteiger partial charge in [0, 0.05) is 17.6 Å². The number of hydrogen-bond acceptors (Lipinski definition) is 3. The van der Waals surface area contributed by atoms with Crippen LogP contribution in [0.1, 0.15) is 12.8 Å². The van der Waals surface area contributed by atoms with Crippen LogP contribution in [0, 0.1) is 0 Å². The van der Waals surface area contributed by atoms with Crippen LogP contribution in [0.4, 0.5) is 10.5 Å². The van der Waals surface area contributed by atoms with E-state index < -0.39 is 12.1 Å². The third kappa shape index (κ3) is 2.61. The van der Waals surface area contributed by atoms with E-state index in [1.807, 2.05) is 0 Å². The van der Waals surface area contributed by atoms with Crippen LogP contribution in [0.2, 0.25) is 0 Å². The van der Waals surface area contributed by atoms with Gasteiger partial charge in [0.05, 0.1) is 10.7 Å². The Hall–Kier alpha value is -2.02. The molecule has 1 aliphatic rings. The van der Waals surface area contributed by atoms with Crippen molar-refractivity contribution in [2.75, 3.05) is 11.9 Å². The molecule has 2 aromatic rings. The Bertz CT molecular complexity index is 712. The maximum absolute atomic E-state index is 12.3. The lowest BCUT2D eigenvalue weighted by Gasteiger charge is -2.20. The summed E-state index contributed by atoms with van der Waals surface area (Å²) in [6.07, 6.45) is 1.77. The summed E-state index contributed by atoms with van der Waals surface area (Å²) in [4.78, 5) is 24.5. The topological polar surface area (TPSA) is 82.8 Å². The molecule has 110 valence electrons. The second kappa shape index (κ2) is 5.40. The standard InChI is InChI=1S/C14H13BrN2O4/c15-10-7-9(6-8-3-5-21-12(8)10)16-13(18)11-2-1-4-17(11)14(19)20/h3,5-7,11H,1-2,4H2,(H,16,18)(H,19,20). The molecule has 1 aromatic heterocycles. The van der Waals surface area contributed by atoms with E-state index in [0.29, 0.717) is 30.7 Å². The molecular weight excluding hydrogens is 340 g/mol. The van der Waals surface area contributed by atoms with Gasteiger partial charge in [-0.2, -0.15) is 0 Å². The summed E-state index contributed by atoms with van der Waals surface area (Å²) in [7, 11) is 0. The number of furan rings is 1. The molecule has 0 aliphatic carbocycles. The molecule has 1 aromatic carbocycles. The lowest BCUT2D eigenvalue weighted by Crippen LogP contribution is -2.42. The highest BCUT2D eigenvalue weighted by Crippen LogP contribution is 2.29. The minimum absolute atomic E-state index is 0.301. The maximum Gasteiger partial charge on any atom is 0.407 e. The Morgan fingerprint density at radius 3 is 3.00 bits per heavy atom. The van der Waals surface area contributed by atoms with Crippen LogP contribution in [-0.4, -0.2) is 34.6 Å². The molecule has 1 aliphatic heterocycles. The molecule has 0 saturated carbocycles. The lowest BCUT2D eigenvalue weighted by atomic mass is 10.2. The number of likely N-dealkylation sites (tertiary alicyclic amines) is 1. The SMILES string of the molecule is O=C(Nc1cc(Br)c2occc2c1)C1CCCN1C(=O)O. The number of amides is 2. The molecule has 0 radical (unpaired) electrons. The number of nitrogens with one attached hydrogen (secondary N) is 1. The van der Waals surface area contributed by atoms with E-state index in [4.69, 9.17) is 9.52 Å². The fourth-order valence-electron chi connectivity index (χ4n) is 2.60. The predicted octanol–water partition coefficient (Wildman–Crippen LogP) is 3.28. The van der Waals surface area contributed by atoms with E-state index >= 15 is 0 Å². The van der Waals surface area contributed by atoms with Crippen LogP contribution in [0.15, 0.2) is 33.4 Å². The van der Waals surface area contributed by atoms with Crippen LogP contribution < -0.4 is 5.32 Å². The predicted molar refractivity (Wildman–Crippen MR) is 80.3 cm³/mol. The van der Waals surface area contributed by atoms with E-state index in [1.165, 1.54) is 4.90 Å². The third-order valence-corrected chi connectivity index (χ3v) is 4.16. The highest BCUT2D eigenvalue weighted by molar-refractivity contribution is 9.10. The van der Waals surface area contributed by atoms with Gasteiger partial charge in [-0.3, -0.25) is 9.69 Å². The summed E-state index contributed by atoms with van der Waals surface area (Å²) >= 11 is 3.39. The number of carbonyl (C=O) groups excluding carboxylic acids is 1. The number of halogens is 1. The minimum atomic E-state index is -1.06. The fraction of sp³-hybridized carbons (Fsp3) is 0.286. The molecule has 2 amide bonds. The summed E-state index contributed by atoms with van der Waals surface area (Å²) in [6, 6.07) is 4.71. The monoisotopic (exact) mass is 352 g/mol. The number of carboxylic acid groups (broad SMARTS) is 1. The van der Waals surface area contributed by atoms with Crippen molar-refractivity contribution in [1.82, 2.24) is 4.90 Å². The van der Waals surface area contributed by atoms with Crippen LogP contribution in [-0.2, 0) is 4.79 Å². The molecule has 21 heavy (non-hydrogen) atoms. The van der Waals surface area contributed by atoms with E-state index in [0.717, 1.165) is 9.86 Å². The van der Waals surface area contributed by atoms with Crippen LogP contribution >= 0.6 is 15.9 Å². The van der Waals surface area contributed by atoms with Crippen LogP contribution in [0.3, 0.4) is 0 Å². The van der Waals surface area contributed by atoms with E-state index in [2.05, 4.69) is 21.2 Å². The highest BCUT2D eigenvalue weighted by Gasteiger charge is 2.34. The van der Waals surface area contributed by atoms with E-state index in [-0.39, 0.29) is 5.91 Å². The average Bonchev–Trinajstić information content (AvgIpc) is 3.07. The number of anilines is 1. The first-order valence-corrected chi connectivity index (χ1v) is 7.33.